The summed E-state index contributed by atoms with van der Waals surface area (Å²) in [6.07, 6.45) is 4.41. The first kappa shape index (κ1) is 14.9. The van der Waals surface area contributed by atoms with E-state index in [0.29, 0.717) is 10.4 Å². The van der Waals surface area contributed by atoms with Gasteiger partial charge in [0.15, 0.2) is 0 Å². The standard InChI is InChI=1S/C15H25ClN2O/c1-10(2)18-13(12(16)9-17-18)15(19)7-6-14(4,5)8-11(15)3/h9-11,19H,6-8H2,1-5H3. The number of rotatable bonds is 2. The van der Waals surface area contributed by atoms with Crippen LogP contribution in [0.5, 0.6) is 0 Å². The summed E-state index contributed by atoms with van der Waals surface area (Å²) in [7, 11) is 0. The molecule has 1 saturated carbocycles. The Labute approximate surface area is 121 Å². The third-order valence-electron chi connectivity index (χ3n) is 4.51. The van der Waals surface area contributed by atoms with Crippen molar-refractivity contribution in [1.29, 1.82) is 0 Å². The van der Waals surface area contributed by atoms with Crippen LogP contribution in [0.15, 0.2) is 6.20 Å². The molecule has 0 spiro atoms. The summed E-state index contributed by atoms with van der Waals surface area (Å²) in [5.41, 5.74) is 0.237. The van der Waals surface area contributed by atoms with Gasteiger partial charge in [0.05, 0.1) is 16.9 Å². The maximum absolute atomic E-state index is 11.2. The predicted octanol–water partition coefficient (Wildman–Crippen LogP) is 4.15. The summed E-state index contributed by atoms with van der Waals surface area (Å²) in [5, 5.41) is 16.1. The molecule has 0 aliphatic heterocycles. The monoisotopic (exact) mass is 284 g/mol. The van der Waals surface area contributed by atoms with E-state index in [1.165, 1.54) is 0 Å². The zero-order valence-corrected chi connectivity index (χ0v) is 13.3. The van der Waals surface area contributed by atoms with Crippen molar-refractivity contribution in [3.63, 3.8) is 0 Å². The van der Waals surface area contributed by atoms with E-state index in [-0.39, 0.29) is 12.0 Å². The van der Waals surface area contributed by atoms with Crippen LogP contribution in [0.3, 0.4) is 0 Å². The fraction of sp³-hybridized carbons (Fsp3) is 0.800. The lowest BCUT2D eigenvalue weighted by atomic mass is 9.64. The van der Waals surface area contributed by atoms with Crippen molar-refractivity contribution >= 4 is 11.6 Å². The zero-order valence-electron chi connectivity index (χ0n) is 12.6. The molecule has 0 aromatic carbocycles. The van der Waals surface area contributed by atoms with E-state index in [4.69, 9.17) is 11.6 Å². The molecule has 1 aliphatic rings. The van der Waals surface area contributed by atoms with E-state index in [0.717, 1.165) is 25.0 Å². The molecule has 2 rings (SSSR count). The zero-order chi connectivity index (χ0) is 14.4. The number of hydrogen-bond acceptors (Lipinski definition) is 2. The summed E-state index contributed by atoms with van der Waals surface area (Å²) in [6, 6.07) is 0.202. The van der Waals surface area contributed by atoms with Gasteiger partial charge in [-0.15, -0.1) is 0 Å². The smallest absolute Gasteiger partial charge is 0.110 e. The van der Waals surface area contributed by atoms with Gasteiger partial charge in [-0.2, -0.15) is 5.10 Å². The highest BCUT2D eigenvalue weighted by atomic mass is 35.5. The molecule has 1 aromatic heterocycles. The van der Waals surface area contributed by atoms with E-state index in [9.17, 15) is 5.11 Å². The van der Waals surface area contributed by atoms with Gasteiger partial charge in [-0.3, -0.25) is 4.68 Å². The predicted molar refractivity (Wildman–Crippen MR) is 78.3 cm³/mol. The minimum atomic E-state index is -0.854. The van der Waals surface area contributed by atoms with Crippen molar-refractivity contribution in [2.45, 2.75) is 65.5 Å². The fourth-order valence-corrected chi connectivity index (χ4v) is 3.66. The molecule has 0 bridgehead atoms. The summed E-state index contributed by atoms with van der Waals surface area (Å²) < 4.78 is 1.87. The average Bonchev–Trinajstić information content (AvgIpc) is 2.67. The lowest BCUT2D eigenvalue weighted by molar-refractivity contribution is -0.0833. The maximum atomic E-state index is 11.2. The maximum Gasteiger partial charge on any atom is 0.110 e. The van der Waals surface area contributed by atoms with Gasteiger partial charge < -0.3 is 5.11 Å². The van der Waals surface area contributed by atoms with Crippen LogP contribution in [0, 0.1) is 11.3 Å². The van der Waals surface area contributed by atoms with E-state index < -0.39 is 5.60 Å². The Kier molecular flexibility index (Phi) is 3.74. The van der Waals surface area contributed by atoms with Gasteiger partial charge in [-0.1, -0.05) is 32.4 Å². The molecule has 0 saturated heterocycles. The highest BCUT2D eigenvalue weighted by Gasteiger charge is 2.46. The summed E-state index contributed by atoms with van der Waals surface area (Å²) in [6.45, 7) is 10.8. The lowest BCUT2D eigenvalue weighted by Crippen LogP contribution is -2.43. The summed E-state index contributed by atoms with van der Waals surface area (Å²) in [4.78, 5) is 0. The van der Waals surface area contributed by atoms with Crippen molar-refractivity contribution in [2.24, 2.45) is 11.3 Å². The third kappa shape index (κ3) is 2.55. The molecule has 2 atom stereocenters. The van der Waals surface area contributed by atoms with E-state index in [1.54, 1.807) is 6.20 Å². The first-order valence-corrected chi connectivity index (χ1v) is 7.51. The molecule has 1 aliphatic carbocycles. The van der Waals surface area contributed by atoms with Gasteiger partial charge in [0, 0.05) is 6.04 Å². The van der Waals surface area contributed by atoms with E-state index in [1.807, 2.05) is 4.68 Å². The number of halogens is 1. The van der Waals surface area contributed by atoms with Crippen LogP contribution in [0.1, 0.15) is 65.6 Å². The number of aromatic nitrogens is 2. The van der Waals surface area contributed by atoms with Gasteiger partial charge >= 0.3 is 0 Å². The Morgan fingerprint density at radius 1 is 1.42 bits per heavy atom. The largest absolute Gasteiger partial charge is 0.383 e. The minimum Gasteiger partial charge on any atom is -0.383 e. The second kappa shape index (κ2) is 4.78. The van der Waals surface area contributed by atoms with Gasteiger partial charge in [0.2, 0.25) is 0 Å². The third-order valence-corrected chi connectivity index (χ3v) is 4.78. The normalized spacial score (nSPS) is 30.8. The Morgan fingerprint density at radius 3 is 2.58 bits per heavy atom. The van der Waals surface area contributed by atoms with Gasteiger partial charge in [-0.25, -0.2) is 0 Å². The minimum absolute atomic E-state index is 0.183. The van der Waals surface area contributed by atoms with E-state index in [2.05, 4.69) is 39.7 Å². The van der Waals surface area contributed by atoms with Crippen LogP contribution in [-0.4, -0.2) is 14.9 Å². The molecule has 19 heavy (non-hydrogen) atoms. The fourth-order valence-electron chi connectivity index (χ4n) is 3.36. The molecule has 1 N–H and O–H groups in total. The molecular weight excluding hydrogens is 260 g/mol. The van der Waals surface area contributed by atoms with Crippen molar-refractivity contribution in [3.8, 4) is 0 Å². The summed E-state index contributed by atoms with van der Waals surface area (Å²) >= 11 is 6.31. The van der Waals surface area contributed by atoms with Crippen LogP contribution in [0.4, 0.5) is 0 Å². The molecule has 1 aromatic rings. The molecule has 4 heteroatoms. The average molecular weight is 285 g/mol. The van der Waals surface area contributed by atoms with Crippen molar-refractivity contribution in [1.82, 2.24) is 9.78 Å². The number of hydrogen-bond donors (Lipinski definition) is 1. The quantitative estimate of drug-likeness (QED) is 0.886. The van der Waals surface area contributed by atoms with Crippen molar-refractivity contribution in [2.75, 3.05) is 0 Å². The second-order valence-electron chi connectivity index (χ2n) is 7.07. The highest BCUT2D eigenvalue weighted by Crippen LogP contribution is 2.50. The van der Waals surface area contributed by atoms with Crippen LogP contribution < -0.4 is 0 Å². The topological polar surface area (TPSA) is 38.0 Å². The number of nitrogens with zero attached hydrogens (tertiary/aromatic N) is 2. The lowest BCUT2D eigenvalue weighted by Gasteiger charge is -2.45. The number of aliphatic hydroxyl groups is 1. The molecule has 108 valence electrons. The van der Waals surface area contributed by atoms with Crippen LogP contribution in [0.25, 0.3) is 0 Å². The Hall–Kier alpha value is -0.540. The molecule has 0 amide bonds. The first-order valence-electron chi connectivity index (χ1n) is 7.13. The molecule has 1 heterocycles. The summed E-state index contributed by atoms with van der Waals surface area (Å²) in [5.74, 6) is 0.183. The SMILES string of the molecule is CC(C)n1ncc(Cl)c1C1(O)CCC(C)(C)CC1C. The van der Waals surface area contributed by atoms with Gasteiger partial charge in [-0.05, 0) is 44.4 Å². The van der Waals surface area contributed by atoms with Crippen molar-refractivity contribution < 1.29 is 5.11 Å². The van der Waals surface area contributed by atoms with E-state index >= 15 is 0 Å². The van der Waals surface area contributed by atoms with Gasteiger partial charge in [0.25, 0.3) is 0 Å². The van der Waals surface area contributed by atoms with Crippen molar-refractivity contribution in [3.05, 3.63) is 16.9 Å². The first-order chi connectivity index (χ1) is 8.67. The van der Waals surface area contributed by atoms with Gasteiger partial charge in [0.1, 0.15) is 5.60 Å². The van der Waals surface area contributed by atoms with Crippen LogP contribution >= 0.6 is 11.6 Å². The van der Waals surface area contributed by atoms with Crippen LogP contribution in [0.2, 0.25) is 5.02 Å². The molecule has 2 unspecified atom stereocenters. The molecular formula is C15H25ClN2O. The highest BCUT2D eigenvalue weighted by molar-refractivity contribution is 6.31. The Balaban J connectivity index is 2.43. The van der Waals surface area contributed by atoms with Crippen LogP contribution in [-0.2, 0) is 5.60 Å². The molecule has 0 radical (unpaired) electrons. The molecule has 3 nitrogen and oxygen atoms in total. The Bertz CT molecular complexity index is 467. The Morgan fingerprint density at radius 2 is 2.05 bits per heavy atom. The molecule has 1 fully saturated rings. The second-order valence-corrected chi connectivity index (χ2v) is 7.48.